The lowest BCUT2D eigenvalue weighted by Gasteiger charge is -2.13. The van der Waals surface area contributed by atoms with E-state index in [4.69, 9.17) is 0 Å². The van der Waals surface area contributed by atoms with E-state index in [1.54, 1.807) is 30.5 Å². The van der Waals surface area contributed by atoms with E-state index in [9.17, 15) is 14.4 Å². The summed E-state index contributed by atoms with van der Waals surface area (Å²) in [7, 11) is 0. The largest absolute Gasteiger partial charge is 0.323 e. The Morgan fingerprint density at radius 2 is 1.79 bits per heavy atom. The summed E-state index contributed by atoms with van der Waals surface area (Å²) in [6.45, 7) is 0.230. The highest BCUT2D eigenvalue weighted by atomic mass is 16.2. The van der Waals surface area contributed by atoms with Crippen LogP contribution in [-0.2, 0) is 16.1 Å². The molecule has 1 fully saturated rings. The van der Waals surface area contributed by atoms with E-state index in [0.29, 0.717) is 22.9 Å². The summed E-state index contributed by atoms with van der Waals surface area (Å²) in [5.74, 6) is 0.412. The molecule has 1 aliphatic heterocycles. The Balaban J connectivity index is 1.41. The topological polar surface area (TPSA) is 108 Å². The number of imide groups is 1. The van der Waals surface area contributed by atoms with Gasteiger partial charge in [0.15, 0.2) is 5.82 Å². The molecular formula is C20H17N5O3. The minimum atomic E-state index is -0.295. The second-order valence-corrected chi connectivity index (χ2v) is 6.39. The lowest BCUT2D eigenvalue weighted by atomic mass is 10.1. The van der Waals surface area contributed by atoms with Crippen molar-refractivity contribution in [1.82, 2.24) is 19.9 Å². The van der Waals surface area contributed by atoms with Crippen LogP contribution in [0, 0.1) is 0 Å². The fraction of sp³-hybridized carbons (Fsp3) is 0.150. The van der Waals surface area contributed by atoms with Crippen LogP contribution < -0.4 is 5.32 Å². The van der Waals surface area contributed by atoms with Crippen LogP contribution in [0.4, 0.5) is 5.82 Å². The van der Waals surface area contributed by atoms with Crippen molar-refractivity contribution in [3.05, 3.63) is 66.0 Å². The summed E-state index contributed by atoms with van der Waals surface area (Å²) in [6.07, 6.45) is 3.73. The molecule has 3 heterocycles. The van der Waals surface area contributed by atoms with Gasteiger partial charge in [-0.1, -0.05) is 18.2 Å². The van der Waals surface area contributed by atoms with Crippen LogP contribution in [0.15, 0.2) is 54.9 Å². The standard InChI is InChI=1S/C20H17N5O3/c26-17-8-9-18(27)25(17)12-13-4-6-14(7-5-13)20(28)24-16-11-22-19(23-16)15-3-1-2-10-21-15/h1-7,10-11H,8-9,12H2,(H,22,23)(H,24,28). The smallest absolute Gasteiger partial charge is 0.256 e. The molecule has 0 bridgehead atoms. The van der Waals surface area contributed by atoms with Gasteiger partial charge in [0.1, 0.15) is 11.5 Å². The molecule has 0 unspecified atom stereocenters. The van der Waals surface area contributed by atoms with E-state index < -0.39 is 0 Å². The predicted molar refractivity (Wildman–Crippen MR) is 101 cm³/mol. The van der Waals surface area contributed by atoms with Crippen molar-refractivity contribution in [1.29, 1.82) is 0 Å². The van der Waals surface area contributed by atoms with Gasteiger partial charge in [0.2, 0.25) is 11.8 Å². The van der Waals surface area contributed by atoms with E-state index in [2.05, 4.69) is 20.3 Å². The summed E-state index contributed by atoms with van der Waals surface area (Å²) in [5, 5.41) is 2.75. The average Bonchev–Trinajstić information content (AvgIpc) is 3.31. The molecule has 0 atom stereocenters. The summed E-state index contributed by atoms with van der Waals surface area (Å²) in [4.78, 5) is 48.5. The van der Waals surface area contributed by atoms with Crippen molar-refractivity contribution < 1.29 is 14.4 Å². The molecule has 1 aromatic carbocycles. The number of hydrogen-bond donors (Lipinski definition) is 2. The molecule has 8 heteroatoms. The predicted octanol–water partition coefficient (Wildman–Crippen LogP) is 2.37. The maximum atomic E-state index is 12.4. The zero-order valence-electron chi connectivity index (χ0n) is 14.9. The summed E-state index contributed by atoms with van der Waals surface area (Å²) >= 11 is 0. The number of H-pyrrole nitrogens is 1. The second kappa shape index (κ2) is 7.43. The number of benzene rings is 1. The van der Waals surface area contributed by atoms with Gasteiger partial charge < -0.3 is 10.3 Å². The van der Waals surface area contributed by atoms with Crippen LogP contribution in [0.5, 0.6) is 0 Å². The molecule has 4 rings (SSSR count). The molecule has 3 amide bonds. The molecule has 2 N–H and O–H groups in total. The monoisotopic (exact) mass is 375 g/mol. The molecule has 140 valence electrons. The van der Waals surface area contributed by atoms with Crippen LogP contribution >= 0.6 is 0 Å². The molecule has 0 aliphatic carbocycles. The zero-order valence-corrected chi connectivity index (χ0v) is 14.9. The van der Waals surface area contributed by atoms with Crippen LogP contribution in [0.25, 0.3) is 11.5 Å². The van der Waals surface area contributed by atoms with Crippen LogP contribution in [0.1, 0.15) is 28.8 Å². The first-order valence-corrected chi connectivity index (χ1v) is 8.80. The number of carbonyl (C=O) groups excluding carboxylic acids is 3. The summed E-state index contributed by atoms with van der Waals surface area (Å²) in [6, 6.07) is 12.3. The van der Waals surface area contributed by atoms with E-state index in [1.165, 1.54) is 11.1 Å². The molecule has 3 aromatic rings. The van der Waals surface area contributed by atoms with Gasteiger partial charge in [0, 0.05) is 24.6 Å². The van der Waals surface area contributed by atoms with Crippen molar-refractivity contribution >= 4 is 23.5 Å². The van der Waals surface area contributed by atoms with E-state index in [0.717, 1.165) is 5.56 Å². The van der Waals surface area contributed by atoms with E-state index >= 15 is 0 Å². The lowest BCUT2D eigenvalue weighted by molar-refractivity contribution is -0.139. The number of aromatic amines is 1. The third kappa shape index (κ3) is 3.66. The van der Waals surface area contributed by atoms with Gasteiger partial charge in [-0.3, -0.25) is 24.3 Å². The van der Waals surface area contributed by atoms with Gasteiger partial charge in [0.25, 0.3) is 5.91 Å². The first-order chi connectivity index (χ1) is 13.6. The number of nitrogens with zero attached hydrogens (tertiary/aromatic N) is 3. The Kier molecular flexibility index (Phi) is 4.67. The fourth-order valence-corrected chi connectivity index (χ4v) is 2.96. The number of rotatable bonds is 5. The molecule has 1 aliphatic rings. The van der Waals surface area contributed by atoms with Crippen molar-refractivity contribution in [2.45, 2.75) is 19.4 Å². The van der Waals surface area contributed by atoms with Crippen LogP contribution in [0.2, 0.25) is 0 Å². The second-order valence-electron chi connectivity index (χ2n) is 6.39. The number of aromatic nitrogens is 3. The molecule has 2 aromatic heterocycles. The minimum absolute atomic E-state index is 0.158. The van der Waals surface area contributed by atoms with Crippen LogP contribution in [-0.4, -0.2) is 37.6 Å². The number of pyridine rings is 1. The molecule has 0 spiro atoms. The fourth-order valence-electron chi connectivity index (χ4n) is 2.96. The summed E-state index contributed by atoms with van der Waals surface area (Å²) < 4.78 is 0. The van der Waals surface area contributed by atoms with Crippen molar-refractivity contribution in [3.8, 4) is 11.5 Å². The maximum absolute atomic E-state index is 12.4. The molecule has 1 saturated heterocycles. The van der Waals surface area contributed by atoms with Gasteiger partial charge in [0.05, 0.1) is 12.7 Å². The van der Waals surface area contributed by atoms with Gasteiger partial charge in [-0.05, 0) is 29.8 Å². The Hall–Kier alpha value is -3.81. The SMILES string of the molecule is O=C(Nc1cnc(-c2ccccn2)[nH]1)c1ccc(CN2C(=O)CCC2=O)cc1. The quantitative estimate of drug-likeness (QED) is 0.666. The molecule has 0 radical (unpaired) electrons. The van der Waals surface area contributed by atoms with Gasteiger partial charge in [-0.25, -0.2) is 4.98 Å². The highest BCUT2D eigenvalue weighted by molar-refractivity contribution is 6.04. The van der Waals surface area contributed by atoms with E-state index in [1.807, 2.05) is 18.2 Å². The zero-order chi connectivity index (χ0) is 19.5. The first-order valence-electron chi connectivity index (χ1n) is 8.80. The van der Waals surface area contributed by atoms with Crippen molar-refractivity contribution in [2.24, 2.45) is 0 Å². The number of anilines is 1. The van der Waals surface area contributed by atoms with E-state index in [-0.39, 0.29) is 37.1 Å². The number of carbonyl (C=O) groups is 3. The maximum Gasteiger partial charge on any atom is 0.256 e. The van der Waals surface area contributed by atoms with Crippen LogP contribution in [0.3, 0.4) is 0 Å². The third-order valence-corrected chi connectivity index (χ3v) is 4.44. The minimum Gasteiger partial charge on any atom is -0.323 e. The third-order valence-electron chi connectivity index (χ3n) is 4.44. The van der Waals surface area contributed by atoms with Crippen molar-refractivity contribution in [3.63, 3.8) is 0 Å². The number of amides is 3. The molecule has 28 heavy (non-hydrogen) atoms. The van der Waals surface area contributed by atoms with Gasteiger partial charge in [-0.15, -0.1) is 0 Å². The molecule has 0 saturated carbocycles. The Labute approximate surface area is 160 Å². The Morgan fingerprint density at radius 3 is 2.46 bits per heavy atom. The average molecular weight is 375 g/mol. The van der Waals surface area contributed by atoms with Gasteiger partial charge in [-0.2, -0.15) is 0 Å². The normalized spacial score (nSPS) is 13.8. The number of likely N-dealkylation sites (tertiary alicyclic amines) is 1. The number of hydrogen-bond acceptors (Lipinski definition) is 5. The Bertz CT molecular complexity index is 1010. The van der Waals surface area contributed by atoms with Crippen molar-refractivity contribution in [2.75, 3.05) is 5.32 Å². The highest BCUT2D eigenvalue weighted by Crippen LogP contribution is 2.18. The highest BCUT2D eigenvalue weighted by Gasteiger charge is 2.28. The number of nitrogens with one attached hydrogen (secondary N) is 2. The van der Waals surface area contributed by atoms with Gasteiger partial charge >= 0.3 is 0 Å². The summed E-state index contributed by atoms with van der Waals surface area (Å²) in [5.41, 5.74) is 1.93. The molecular weight excluding hydrogens is 358 g/mol. The molecule has 8 nitrogen and oxygen atoms in total. The Morgan fingerprint density at radius 1 is 1.04 bits per heavy atom. The first kappa shape index (κ1) is 17.6. The number of imidazole rings is 1. The lowest BCUT2D eigenvalue weighted by Crippen LogP contribution is -2.28.